The normalized spacial score (nSPS) is 12.4. The number of aliphatic hydroxyl groups excluding tert-OH is 1. The van der Waals surface area contributed by atoms with E-state index in [1.165, 1.54) is 10.6 Å². The number of carboxylic acids is 1. The summed E-state index contributed by atoms with van der Waals surface area (Å²) >= 11 is 0. The van der Waals surface area contributed by atoms with Crippen molar-refractivity contribution in [2.45, 2.75) is 26.0 Å². The van der Waals surface area contributed by atoms with Crippen molar-refractivity contribution in [3.63, 3.8) is 0 Å². The number of hydrogen-bond acceptors (Lipinski definition) is 3. The van der Waals surface area contributed by atoms with Gasteiger partial charge in [-0.2, -0.15) is 0 Å². The molecule has 0 saturated heterocycles. The molecular formula is C10H13NO4. The van der Waals surface area contributed by atoms with E-state index in [-0.39, 0.29) is 12.3 Å². The first-order chi connectivity index (χ1) is 7.15. The lowest BCUT2D eigenvalue weighted by Crippen LogP contribution is -2.21. The van der Waals surface area contributed by atoms with Gasteiger partial charge in [0.05, 0.1) is 12.3 Å². The lowest BCUT2D eigenvalue weighted by atomic mass is 10.2. The molecule has 0 radical (unpaired) electrons. The Hall–Kier alpha value is -1.62. The number of aliphatic hydroxyl groups is 1. The van der Waals surface area contributed by atoms with Crippen molar-refractivity contribution in [3.05, 3.63) is 23.5 Å². The molecule has 15 heavy (non-hydrogen) atoms. The Morgan fingerprint density at radius 3 is 2.67 bits per heavy atom. The van der Waals surface area contributed by atoms with E-state index < -0.39 is 12.0 Å². The number of carboxylic acid groups (broad SMARTS) is 1. The molecular weight excluding hydrogens is 198 g/mol. The Kier molecular flexibility index (Phi) is 3.62. The molecule has 1 rings (SSSR count). The summed E-state index contributed by atoms with van der Waals surface area (Å²) in [5, 5.41) is 18.0. The molecule has 1 aromatic heterocycles. The van der Waals surface area contributed by atoms with Crippen molar-refractivity contribution in [2.24, 2.45) is 0 Å². The van der Waals surface area contributed by atoms with Gasteiger partial charge in [0.2, 0.25) is 0 Å². The SMILES string of the molecule is CCC(C(=O)O)n1c(C=O)ccc1CO. The van der Waals surface area contributed by atoms with E-state index in [0.717, 1.165) is 0 Å². The predicted octanol–water partition coefficient (Wildman–Crippen LogP) is 0.829. The summed E-state index contributed by atoms with van der Waals surface area (Å²) in [4.78, 5) is 21.7. The standard InChI is InChI=1S/C10H13NO4/c1-2-9(10(14)15)11-7(5-12)3-4-8(11)6-13/h3-5,9,13H,2,6H2,1H3,(H,14,15). The molecule has 0 aliphatic carbocycles. The van der Waals surface area contributed by atoms with Gasteiger partial charge >= 0.3 is 5.97 Å². The topological polar surface area (TPSA) is 79.5 Å². The van der Waals surface area contributed by atoms with Crippen LogP contribution in [0.1, 0.15) is 35.6 Å². The van der Waals surface area contributed by atoms with Gasteiger partial charge in [0.25, 0.3) is 0 Å². The molecule has 0 aliphatic rings. The molecule has 1 unspecified atom stereocenters. The van der Waals surface area contributed by atoms with Gasteiger partial charge in [-0.25, -0.2) is 4.79 Å². The highest BCUT2D eigenvalue weighted by Gasteiger charge is 2.21. The summed E-state index contributed by atoms with van der Waals surface area (Å²) in [6.07, 6.45) is 0.947. The molecule has 1 atom stereocenters. The van der Waals surface area contributed by atoms with Gasteiger partial charge in [-0.1, -0.05) is 6.92 Å². The van der Waals surface area contributed by atoms with E-state index in [1.807, 2.05) is 0 Å². The fraction of sp³-hybridized carbons (Fsp3) is 0.400. The molecule has 5 nitrogen and oxygen atoms in total. The van der Waals surface area contributed by atoms with Crippen molar-refractivity contribution in [1.82, 2.24) is 4.57 Å². The van der Waals surface area contributed by atoms with Crippen molar-refractivity contribution < 1.29 is 19.8 Å². The number of carbonyl (C=O) groups is 2. The monoisotopic (exact) mass is 211 g/mol. The summed E-state index contributed by atoms with van der Waals surface area (Å²) in [6, 6.07) is 2.25. The molecule has 0 spiro atoms. The van der Waals surface area contributed by atoms with Crippen molar-refractivity contribution in [3.8, 4) is 0 Å². The zero-order valence-corrected chi connectivity index (χ0v) is 8.38. The molecule has 1 heterocycles. The fourth-order valence-corrected chi connectivity index (χ4v) is 1.58. The number of aromatic nitrogens is 1. The summed E-state index contributed by atoms with van der Waals surface area (Å²) in [6.45, 7) is 1.44. The van der Waals surface area contributed by atoms with Crippen LogP contribution in [0, 0.1) is 0 Å². The van der Waals surface area contributed by atoms with Crippen LogP contribution >= 0.6 is 0 Å². The highest BCUT2D eigenvalue weighted by molar-refractivity contribution is 5.77. The molecule has 0 fully saturated rings. The number of carbonyl (C=O) groups excluding carboxylic acids is 1. The Bertz CT molecular complexity index is 369. The van der Waals surface area contributed by atoms with Crippen LogP contribution in [-0.4, -0.2) is 27.0 Å². The quantitative estimate of drug-likeness (QED) is 0.707. The van der Waals surface area contributed by atoms with E-state index in [1.54, 1.807) is 13.0 Å². The zero-order valence-electron chi connectivity index (χ0n) is 8.38. The second-order valence-electron chi connectivity index (χ2n) is 3.16. The Labute approximate surface area is 87.0 Å². The molecule has 0 aromatic carbocycles. The Morgan fingerprint density at radius 2 is 2.27 bits per heavy atom. The van der Waals surface area contributed by atoms with E-state index >= 15 is 0 Å². The van der Waals surface area contributed by atoms with E-state index in [9.17, 15) is 9.59 Å². The maximum atomic E-state index is 10.9. The average molecular weight is 211 g/mol. The Balaban J connectivity index is 3.23. The average Bonchev–Trinajstić information content (AvgIpc) is 2.61. The summed E-state index contributed by atoms with van der Waals surface area (Å²) in [7, 11) is 0. The molecule has 2 N–H and O–H groups in total. The highest BCUT2D eigenvalue weighted by atomic mass is 16.4. The molecule has 0 amide bonds. The van der Waals surface area contributed by atoms with Gasteiger partial charge in [0, 0.05) is 5.69 Å². The minimum atomic E-state index is -1.01. The molecule has 5 heteroatoms. The first kappa shape index (κ1) is 11.5. The molecule has 0 bridgehead atoms. The van der Waals surface area contributed by atoms with Crippen molar-refractivity contribution >= 4 is 12.3 Å². The van der Waals surface area contributed by atoms with Gasteiger partial charge in [-0.05, 0) is 18.6 Å². The lowest BCUT2D eigenvalue weighted by Gasteiger charge is -2.16. The first-order valence-corrected chi connectivity index (χ1v) is 4.64. The minimum absolute atomic E-state index is 0.272. The van der Waals surface area contributed by atoms with Gasteiger partial charge in [0.1, 0.15) is 6.04 Å². The van der Waals surface area contributed by atoms with Crippen molar-refractivity contribution in [1.29, 1.82) is 0 Å². The van der Waals surface area contributed by atoms with E-state index in [4.69, 9.17) is 10.2 Å². The zero-order chi connectivity index (χ0) is 11.4. The van der Waals surface area contributed by atoms with Crippen molar-refractivity contribution in [2.75, 3.05) is 0 Å². The van der Waals surface area contributed by atoms with Crippen LogP contribution < -0.4 is 0 Å². The lowest BCUT2D eigenvalue weighted by molar-refractivity contribution is -0.141. The number of aldehydes is 1. The smallest absolute Gasteiger partial charge is 0.326 e. The number of rotatable bonds is 5. The van der Waals surface area contributed by atoms with E-state index in [2.05, 4.69) is 0 Å². The largest absolute Gasteiger partial charge is 0.480 e. The van der Waals surface area contributed by atoms with Crippen LogP contribution in [-0.2, 0) is 11.4 Å². The van der Waals surface area contributed by atoms with Gasteiger partial charge in [-0.15, -0.1) is 0 Å². The Morgan fingerprint density at radius 1 is 1.60 bits per heavy atom. The summed E-state index contributed by atoms with van der Waals surface area (Å²) < 4.78 is 1.36. The van der Waals surface area contributed by atoms with Crippen LogP contribution in [0.25, 0.3) is 0 Å². The molecule has 0 aliphatic heterocycles. The minimum Gasteiger partial charge on any atom is -0.480 e. The van der Waals surface area contributed by atoms with Crippen LogP contribution in [0.5, 0.6) is 0 Å². The van der Waals surface area contributed by atoms with Crippen LogP contribution in [0.15, 0.2) is 12.1 Å². The molecule has 82 valence electrons. The van der Waals surface area contributed by atoms with Gasteiger partial charge < -0.3 is 14.8 Å². The molecule has 0 saturated carbocycles. The second kappa shape index (κ2) is 4.75. The third kappa shape index (κ3) is 2.07. The second-order valence-corrected chi connectivity index (χ2v) is 3.16. The summed E-state index contributed by atoms with van der Waals surface area (Å²) in [5.74, 6) is -1.01. The third-order valence-corrected chi connectivity index (χ3v) is 2.30. The summed E-state index contributed by atoms with van der Waals surface area (Å²) in [5.41, 5.74) is 0.708. The van der Waals surface area contributed by atoms with Crippen LogP contribution in [0.2, 0.25) is 0 Å². The highest BCUT2D eigenvalue weighted by Crippen LogP contribution is 2.19. The first-order valence-electron chi connectivity index (χ1n) is 4.64. The number of hydrogen-bond donors (Lipinski definition) is 2. The number of aliphatic carboxylic acids is 1. The van der Waals surface area contributed by atoms with Crippen LogP contribution in [0.4, 0.5) is 0 Å². The predicted molar refractivity (Wildman–Crippen MR) is 52.7 cm³/mol. The van der Waals surface area contributed by atoms with Gasteiger partial charge in [-0.3, -0.25) is 4.79 Å². The maximum Gasteiger partial charge on any atom is 0.326 e. The van der Waals surface area contributed by atoms with Gasteiger partial charge in [0.15, 0.2) is 6.29 Å². The van der Waals surface area contributed by atoms with E-state index in [0.29, 0.717) is 18.4 Å². The molecule has 1 aromatic rings. The maximum absolute atomic E-state index is 10.9. The number of nitrogens with zero attached hydrogens (tertiary/aromatic N) is 1. The third-order valence-electron chi connectivity index (χ3n) is 2.30. The van der Waals surface area contributed by atoms with Crippen LogP contribution in [0.3, 0.4) is 0 Å². The fourth-order valence-electron chi connectivity index (χ4n) is 1.58.